The minimum Gasteiger partial charge on any atom is -0.217 e. The molecule has 2 aromatic heterocycles. The highest BCUT2D eigenvalue weighted by molar-refractivity contribution is 5.68. The second-order valence-corrected chi connectivity index (χ2v) is 11.0. The van der Waals surface area contributed by atoms with Crippen LogP contribution in [0.3, 0.4) is 0 Å². The third-order valence-corrected chi connectivity index (χ3v) is 5.72. The third-order valence-electron chi connectivity index (χ3n) is 5.72. The van der Waals surface area contributed by atoms with E-state index in [-0.39, 0.29) is 10.8 Å². The zero-order valence-corrected chi connectivity index (χ0v) is 21.7. The van der Waals surface area contributed by atoms with Gasteiger partial charge in [-0.3, -0.25) is 0 Å². The summed E-state index contributed by atoms with van der Waals surface area (Å²) in [4.78, 5) is 19.3. The Balaban J connectivity index is 1.89. The molecule has 2 aromatic carbocycles. The number of benzene rings is 2. The van der Waals surface area contributed by atoms with Gasteiger partial charge >= 0.3 is 0 Å². The number of para-hydroxylation sites is 1. The summed E-state index contributed by atoms with van der Waals surface area (Å²) in [5, 5.41) is 4.74. The highest BCUT2D eigenvalue weighted by atomic mass is 15.4. The molecule has 0 aliphatic heterocycles. The van der Waals surface area contributed by atoms with Crippen molar-refractivity contribution in [3.8, 4) is 28.5 Å². The Labute approximate surface area is 202 Å². The molecule has 0 saturated heterocycles. The molecule has 0 bridgehead atoms. The van der Waals surface area contributed by atoms with Crippen LogP contribution in [0.4, 0.5) is 0 Å². The molecule has 34 heavy (non-hydrogen) atoms. The van der Waals surface area contributed by atoms with E-state index in [1.165, 1.54) is 0 Å². The first kappa shape index (κ1) is 23.7. The molecule has 176 valence electrons. The third kappa shape index (κ3) is 4.63. The molecule has 2 heterocycles. The normalized spacial score (nSPS) is 12.3. The molecular formula is C28H34N6. The lowest BCUT2D eigenvalue weighted by molar-refractivity contribution is 0.497. The number of aromatic nitrogens is 6. The Morgan fingerprint density at radius 3 is 1.74 bits per heavy atom. The van der Waals surface area contributed by atoms with Crippen molar-refractivity contribution >= 4 is 0 Å². The molecule has 0 fully saturated rings. The van der Waals surface area contributed by atoms with E-state index in [0.29, 0.717) is 5.82 Å². The van der Waals surface area contributed by atoms with Crippen molar-refractivity contribution in [1.82, 2.24) is 29.7 Å². The zero-order valence-electron chi connectivity index (χ0n) is 21.7. The molecule has 6 heteroatoms. The predicted molar refractivity (Wildman–Crippen MR) is 137 cm³/mol. The highest BCUT2D eigenvalue weighted by Crippen LogP contribution is 2.30. The Kier molecular flexibility index (Phi) is 5.88. The largest absolute Gasteiger partial charge is 0.217 e. The Morgan fingerprint density at radius 1 is 0.647 bits per heavy atom. The topological polar surface area (TPSA) is 69.4 Å². The van der Waals surface area contributed by atoms with Gasteiger partial charge in [-0.15, -0.1) is 0 Å². The first-order valence-corrected chi connectivity index (χ1v) is 11.7. The molecule has 0 amide bonds. The van der Waals surface area contributed by atoms with Crippen molar-refractivity contribution in [1.29, 1.82) is 0 Å². The molecule has 4 aromatic rings. The summed E-state index contributed by atoms with van der Waals surface area (Å²) in [6.45, 7) is 18.9. The average Bonchev–Trinajstić information content (AvgIpc) is 3.13. The van der Waals surface area contributed by atoms with Gasteiger partial charge in [0, 0.05) is 22.0 Å². The van der Waals surface area contributed by atoms with E-state index >= 15 is 0 Å². The molecule has 4 rings (SSSR count). The van der Waals surface area contributed by atoms with Crippen LogP contribution in [-0.2, 0) is 10.8 Å². The summed E-state index contributed by atoms with van der Waals surface area (Å²) in [5.74, 6) is 3.80. The van der Waals surface area contributed by atoms with Crippen LogP contribution in [0.5, 0.6) is 0 Å². The molecule has 0 saturated carbocycles. The van der Waals surface area contributed by atoms with Gasteiger partial charge in [0.05, 0.1) is 5.69 Å². The molecule has 0 aliphatic carbocycles. The van der Waals surface area contributed by atoms with E-state index in [9.17, 15) is 0 Å². The van der Waals surface area contributed by atoms with Crippen LogP contribution < -0.4 is 0 Å². The summed E-state index contributed by atoms with van der Waals surface area (Å²) >= 11 is 0. The van der Waals surface area contributed by atoms with Gasteiger partial charge in [-0.25, -0.2) is 24.6 Å². The van der Waals surface area contributed by atoms with Crippen molar-refractivity contribution in [3.05, 3.63) is 71.1 Å². The van der Waals surface area contributed by atoms with Gasteiger partial charge in [-0.2, -0.15) is 5.10 Å². The summed E-state index contributed by atoms with van der Waals surface area (Å²) in [6, 6.07) is 14.5. The molecule has 6 nitrogen and oxygen atoms in total. The van der Waals surface area contributed by atoms with Gasteiger partial charge in [0.2, 0.25) is 0 Å². The zero-order chi connectivity index (χ0) is 24.8. The van der Waals surface area contributed by atoms with Crippen LogP contribution in [0.1, 0.15) is 70.1 Å². The van der Waals surface area contributed by atoms with Crippen LogP contribution in [0.15, 0.2) is 42.5 Å². The van der Waals surface area contributed by atoms with Gasteiger partial charge in [0.25, 0.3) is 0 Å². The first-order chi connectivity index (χ1) is 15.8. The fourth-order valence-corrected chi connectivity index (χ4v) is 3.87. The van der Waals surface area contributed by atoms with E-state index in [4.69, 9.17) is 25.0 Å². The van der Waals surface area contributed by atoms with Gasteiger partial charge in [-0.05, 0) is 38.0 Å². The van der Waals surface area contributed by atoms with Crippen molar-refractivity contribution in [3.63, 3.8) is 0 Å². The highest BCUT2D eigenvalue weighted by Gasteiger charge is 2.25. The van der Waals surface area contributed by atoms with Crippen molar-refractivity contribution in [2.45, 2.75) is 73.1 Å². The first-order valence-electron chi connectivity index (χ1n) is 11.7. The lowest BCUT2D eigenvalue weighted by Crippen LogP contribution is -2.24. The lowest BCUT2D eigenvalue weighted by Gasteiger charge is -2.22. The van der Waals surface area contributed by atoms with Crippen molar-refractivity contribution in [2.24, 2.45) is 0 Å². The Hall–Kier alpha value is -3.41. The average molecular weight is 455 g/mol. The number of nitrogens with zero attached hydrogens (tertiary/aromatic N) is 6. The van der Waals surface area contributed by atoms with E-state index in [1.807, 2.05) is 23.7 Å². The second kappa shape index (κ2) is 8.42. The van der Waals surface area contributed by atoms with E-state index in [1.54, 1.807) is 0 Å². The maximum Gasteiger partial charge on any atom is 0.163 e. The van der Waals surface area contributed by atoms with Gasteiger partial charge in [0.1, 0.15) is 17.5 Å². The van der Waals surface area contributed by atoms with Crippen LogP contribution in [0, 0.1) is 20.8 Å². The van der Waals surface area contributed by atoms with Crippen LogP contribution in [-0.4, -0.2) is 29.7 Å². The second-order valence-electron chi connectivity index (χ2n) is 11.0. The molecule has 0 N–H and O–H groups in total. The molecule has 0 unspecified atom stereocenters. The smallest absolute Gasteiger partial charge is 0.163 e. The Bertz CT molecular complexity index is 1300. The minimum atomic E-state index is -0.186. The maximum atomic E-state index is 4.87. The standard InChI is InChI=1S/C28H34N6/c1-17-12-10-13-18(2)22(17)34-24(29-19(3)33-34)21-15-11-14-20(16-21)23-30-25(27(4,5)6)32-26(31-23)28(7,8)9/h10-16H,1-9H3. The SMILES string of the molecule is Cc1nc(-c2cccc(-c3nc(C(C)(C)C)nc(C(C)(C)C)n3)c2)n(-c2c(C)cccc2C)n1. The number of hydrogen-bond acceptors (Lipinski definition) is 5. The van der Waals surface area contributed by atoms with E-state index in [2.05, 4.69) is 85.7 Å². The van der Waals surface area contributed by atoms with Crippen molar-refractivity contribution in [2.75, 3.05) is 0 Å². The minimum absolute atomic E-state index is 0.186. The summed E-state index contributed by atoms with van der Waals surface area (Å²) in [7, 11) is 0. The maximum absolute atomic E-state index is 4.87. The fraction of sp³-hybridized carbons (Fsp3) is 0.393. The molecule has 0 aliphatic rings. The number of hydrogen-bond donors (Lipinski definition) is 0. The number of aryl methyl sites for hydroxylation is 3. The summed E-state index contributed by atoms with van der Waals surface area (Å²) in [6.07, 6.45) is 0. The molecule has 0 radical (unpaired) electrons. The van der Waals surface area contributed by atoms with Gasteiger partial charge < -0.3 is 0 Å². The predicted octanol–water partition coefficient (Wildman–Crippen LogP) is 6.31. The monoisotopic (exact) mass is 454 g/mol. The van der Waals surface area contributed by atoms with Gasteiger partial charge in [0.15, 0.2) is 11.6 Å². The molecule has 0 atom stereocenters. The number of rotatable bonds is 3. The lowest BCUT2D eigenvalue weighted by atomic mass is 9.93. The van der Waals surface area contributed by atoms with E-state index < -0.39 is 0 Å². The summed E-state index contributed by atoms with van der Waals surface area (Å²) < 4.78 is 1.95. The van der Waals surface area contributed by atoms with Crippen LogP contribution >= 0.6 is 0 Å². The summed E-state index contributed by atoms with van der Waals surface area (Å²) in [5.41, 5.74) is 4.91. The van der Waals surface area contributed by atoms with Crippen LogP contribution in [0.25, 0.3) is 28.5 Å². The van der Waals surface area contributed by atoms with Crippen molar-refractivity contribution < 1.29 is 0 Å². The Morgan fingerprint density at radius 2 is 1.18 bits per heavy atom. The van der Waals surface area contributed by atoms with Crippen LogP contribution in [0.2, 0.25) is 0 Å². The fourth-order valence-electron chi connectivity index (χ4n) is 3.87. The quantitative estimate of drug-likeness (QED) is 0.363. The van der Waals surface area contributed by atoms with Gasteiger partial charge in [-0.1, -0.05) is 77.9 Å². The molecular weight excluding hydrogens is 420 g/mol. The molecule has 0 spiro atoms. The van der Waals surface area contributed by atoms with E-state index in [0.717, 1.165) is 51.2 Å².